The quantitative estimate of drug-likeness (QED) is 0.478. The van der Waals surface area contributed by atoms with Gasteiger partial charge in [-0.3, -0.25) is 4.79 Å². The average molecular weight is 125 g/mol. The number of hydrogen-bond donors (Lipinski definition) is 1. The summed E-state index contributed by atoms with van der Waals surface area (Å²) in [5, 5.41) is 3.26. The minimum absolute atomic E-state index is 0.301. The molecule has 1 N–H and O–H groups in total. The van der Waals surface area contributed by atoms with Gasteiger partial charge in [-0.05, 0) is 12.8 Å². The third-order valence-corrected chi connectivity index (χ3v) is 2.32. The lowest BCUT2D eigenvalue weighted by Crippen LogP contribution is -2.25. The van der Waals surface area contributed by atoms with Crippen LogP contribution in [0.5, 0.6) is 0 Å². The van der Waals surface area contributed by atoms with Crippen molar-refractivity contribution >= 4 is 5.78 Å². The molecule has 0 bridgehead atoms. The van der Waals surface area contributed by atoms with Crippen LogP contribution in [0.3, 0.4) is 0 Å². The van der Waals surface area contributed by atoms with Crippen LogP contribution >= 0.6 is 0 Å². The highest BCUT2D eigenvalue weighted by Gasteiger charge is 2.44. The molecule has 0 aromatic carbocycles. The van der Waals surface area contributed by atoms with Crippen molar-refractivity contribution in [3.63, 3.8) is 0 Å². The van der Waals surface area contributed by atoms with Gasteiger partial charge < -0.3 is 5.32 Å². The zero-order valence-corrected chi connectivity index (χ0v) is 5.44. The van der Waals surface area contributed by atoms with Gasteiger partial charge in [0.2, 0.25) is 0 Å². The van der Waals surface area contributed by atoms with E-state index >= 15 is 0 Å². The lowest BCUT2D eigenvalue weighted by atomic mass is 9.88. The minimum Gasteiger partial charge on any atom is -0.308 e. The maximum Gasteiger partial charge on any atom is 0.134 e. The fraction of sp³-hybridized carbons (Fsp3) is 0.857. The maximum absolute atomic E-state index is 10.9. The molecule has 1 unspecified atom stereocenters. The second-order valence-corrected chi connectivity index (χ2v) is 3.20. The topological polar surface area (TPSA) is 39.0 Å². The van der Waals surface area contributed by atoms with E-state index in [1.165, 1.54) is 6.42 Å². The van der Waals surface area contributed by atoms with E-state index < -0.39 is 0 Å². The molecule has 2 rings (SSSR count). The molecule has 2 heteroatoms. The molecule has 1 aliphatic carbocycles. The summed E-state index contributed by atoms with van der Waals surface area (Å²) in [4.78, 5) is 10.9. The Hall–Kier alpha value is -0.370. The third-order valence-electron chi connectivity index (χ3n) is 2.32. The first kappa shape index (κ1) is 5.42. The molecule has 50 valence electrons. The molecule has 0 aromatic rings. The van der Waals surface area contributed by atoms with Crippen molar-refractivity contribution in [2.45, 2.75) is 31.2 Å². The van der Waals surface area contributed by atoms with E-state index in [1.54, 1.807) is 0 Å². The van der Waals surface area contributed by atoms with Crippen LogP contribution in [0.15, 0.2) is 0 Å². The van der Waals surface area contributed by atoms with Crippen LogP contribution in [0.4, 0.5) is 0 Å². The average Bonchev–Trinajstić information content (AvgIpc) is 2.49. The smallest absolute Gasteiger partial charge is 0.134 e. The van der Waals surface area contributed by atoms with Crippen LogP contribution in [-0.4, -0.2) is 17.9 Å². The second-order valence-electron chi connectivity index (χ2n) is 3.20. The summed E-state index contributed by atoms with van der Waals surface area (Å²) in [5.41, 5.74) is 0.301. The predicted octanol–water partition coefficient (Wildman–Crippen LogP) is 0.471. The number of Topliss-reactive ketones (excluding diaryl/α,β-unsaturated/α-hetero) is 1. The van der Waals surface area contributed by atoms with E-state index in [4.69, 9.17) is 0 Å². The van der Waals surface area contributed by atoms with Gasteiger partial charge in [-0.15, -0.1) is 0 Å². The van der Waals surface area contributed by atoms with Gasteiger partial charge in [0.25, 0.3) is 0 Å². The summed E-state index contributed by atoms with van der Waals surface area (Å²) in [6, 6.07) is 0. The number of rotatable bonds is 0. The van der Waals surface area contributed by atoms with Gasteiger partial charge in [-0.25, -0.2) is 0 Å². The van der Waals surface area contributed by atoms with E-state index in [0.29, 0.717) is 11.3 Å². The number of carbonyl (C=O) groups is 1. The van der Waals surface area contributed by atoms with Gasteiger partial charge in [0.1, 0.15) is 5.78 Å². The molecular formula is C7H11NO. The van der Waals surface area contributed by atoms with Crippen molar-refractivity contribution in [1.82, 2.24) is 5.32 Å². The molecule has 2 aliphatic rings. The summed E-state index contributed by atoms with van der Waals surface area (Å²) >= 11 is 0. The van der Waals surface area contributed by atoms with E-state index in [9.17, 15) is 4.79 Å². The molecule has 0 amide bonds. The maximum atomic E-state index is 10.9. The molecule has 0 radical (unpaired) electrons. The van der Waals surface area contributed by atoms with E-state index in [1.807, 2.05) is 0 Å². The van der Waals surface area contributed by atoms with Crippen molar-refractivity contribution in [2.24, 2.45) is 0 Å². The van der Waals surface area contributed by atoms with Crippen LogP contribution in [0.1, 0.15) is 25.7 Å². The Bertz CT molecular complexity index is 149. The van der Waals surface area contributed by atoms with Gasteiger partial charge in [-0.2, -0.15) is 0 Å². The zero-order chi connectivity index (χ0) is 6.32. The molecule has 1 saturated heterocycles. The predicted molar refractivity (Wildman–Crippen MR) is 34.2 cm³/mol. The van der Waals surface area contributed by atoms with Crippen molar-refractivity contribution in [3.8, 4) is 0 Å². The third kappa shape index (κ3) is 0.874. The highest BCUT2D eigenvalue weighted by Crippen LogP contribution is 2.32. The summed E-state index contributed by atoms with van der Waals surface area (Å²) in [6.45, 7) is 1.08. The van der Waals surface area contributed by atoms with Crippen molar-refractivity contribution in [2.75, 3.05) is 6.54 Å². The lowest BCUT2D eigenvalue weighted by molar-refractivity contribution is -0.120. The molecule has 9 heavy (non-hydrogen) atoms. The van der Waals surface area contributed by atoms with Crippen LogP contribution in [0, 0.1) is 0 Å². The fourth-order valence-electron chi connectivity index (χ4n) is 1.60. The van der Waals surface area contributed by atoms with Crippen LogP contribution < -0.4 is 5.32 Å². The van der Waals surface area contributed by atoms with E-state index in [0.717, 1.165) is 25.8 Å². The summed E-state index contributed by atoms with van der Waals surface area (Å²) in [5.74, 6) is 0.450. The van der Waals surface area contributed by atoms with Crippen molar-refractivity contribution < 1.29 is 4.79 Å². The Morgan fingerprint density at radius 3 is 2.78 bits per heavy atom. The molecule has 1 heterocycles. The molecule has 2 nitrogen and oxygen atoms in total. The molecule has 1 saturated carbocycles. The molecule has 1 spiro atoms. The summed E-state index contributed by atoms with van der Waals surface area (Å²) in [7, 11) is 0. The Morgan fingerprint density at radius 2 is 2.33 bits per heavy atom. The number of hydrogen-bond acceptors (Lipinski definition) is 2. The molecule has 1 atom stereocenters. The van der Waals surface area contributed by atoms with Gasteiger partial charge in [-0.1, -0.05) is 0 Å². The largest absolute Gasteiger partial charge is 0.308 e. The normalized spacial score (nSPS) is 41.6. The van der Waals surface area contributed by atoms with Gasteiger partial charge in [0, 0.05) is 24.9 Å². The summed E-state index contributed by atoms with van der Waals surface area (Å²) in [6.07, 6.45) is 3.95. The van der Waals surface area contributed by atoms with E-state index in [2.05, 4.69) is 5.32 Å². The molecular weight excluding hydrogens is 114 g/mol. The van der Waals surface area contributed by atoms with Crippen LogP contribution in [0.25, 0.3) is 0 Å². The number of nitrogens with one attached hydrogen (secondary N) is 1. The first-order valence-electron chi connectivity index (χ1n) is 3.58. The van der Waals surface area contributed by atoms with E-state index in [-0.39, 0.29) is 0 Å². The standard InChI is InChI=1S/C7H11NO/c9-6-2-1-3-7(4-6)5-8-7/h8H,1-5H2. The summed E-state index contributed by atoms with van der Waals surface area (Å²) < 4.78 is 0. The molecule has 2 fully saturated rings. The molecule has 1 aliphatic heterocycles. The minimum atomic E-state index is 0.301. The number of carbonyl (C=O) groups excluding carboxylic acids is 1. The fourth-order valence-corrected chi connectivity index (χ4v) is 1.60. The van der Waals surface area contributed by atoms with Gasteiger partial charge >= 0.3 is 0 Å². The number of ketones is 1. The zero-order valence-electron chi connectivity index (χ0n) is 5.44. The molecule has 0 aromatic heterocycles. The SMILES string of the molecule is O=C1CCCC2(CN2)C1. The Kier molecular flexibility index (Phi) is 0.943. The lowest BCUT2D eigenvalue weighted by Gasteiger charge is -2.17. The highest BCUT2D eigenvalue weighted by molar-refractivity contribution is 5.81. The van der Waals surface area contributed by atoms with Crippen molar-refractivity contribution in [3.05, 3.63) is 0 Å². The second kappa shape index (κ2) is 1.57. The Balaban J connectivity index is 2.04. The van der Waals surface area contributed by atoms with Crippen LogP contribution in [0.2, 0.25) is 0 Å². The first-order valence-corrected chi connectivity index (χ1v) is 3.58. The monoisotopic (exact) mass is 125 g/mol. The first-order chi connectivity index (χ1) is 4.31. The highest BCUT2D eigenvalue weighted by atomic mass is 16.1. The van der Waals surface area contributed by atoms with Gasteiger partial charge in [0.05, 0.1) is 0 Å². The van der Waals surface area contributed by atoms with Crippen molar-refractivity contribution in [1.29, 1.82) is 0 Å². The van der Waals surface area contributed by atoms with Gasteiger partial charge in [0.15, 0.2) is 0 Å². The Labute approximate surface area is 54.6 Å². The van der Waals surface area contributed by atoms with Crippen LogP contribution in [-0.2, 0) is 4.79 Å². The Morgan fingerprint density at radius 1 is 1.56 bits per heavy atom.